The van der Waals surface area contributed by atoms with E-state index in [9.17, 15) is 14.9 Å². The third-order valence-electron chi connectivity index (χ3n) is 1.71. The number of aliphatic carboxylic acids is 1. The van der Waals surface area contributed by atoms with Crippen LogP contribution in [-0.4, -0.2) is 22.6 Å². The van der Waals surface area contributed by atoms with Crippen molar-refractivity contribution in [1.29, 1.82) is 0 Å². The molecule has 0 aromatic heterocycles. The summed E-state index contributed by atoms with van der Waals surface area (Å²) in [5, 5.41) is 19.0. The highest BCUT2D eigenvalue weighted by atomic mass is 79.9. The third-order valence-corrected chi connectivity index (χ3v) is 2.21. The van der Waals surface area contributed by atoms with E-state index in [2.05, 4.69) is 15.9 Å². The van der Waals surface area contributed by atoms with Crippen molar-refractivity contribution in [1.82, 2.24) is 0 Å². The van der Waals surface area contributed by atoms with Gasteiger partial charge in [0.25, 0.3) is 0 Å². The number of carboxylic acids is 1. The van der Waals surface area contributed by atoms with Crippen LogP contribution in [0.2, 0.25) is 0 Å². The molecular weight excluding hydrogens is 294 g/mol. The largest absolute Gasteiger partial charge is 0.483 e. The van der Waals surface area contributed by atoms with Gasteiger partial charge in [0.15, 0.2) is 5.75 Å². The number of hydrogen-bond acceptors (Lipinski definition) is 4. The second kappa shape index (κ2) is 6.00. The van der Waals surface area contributed by atoms with Gasteiger partial charge in [0.1, 0.15) is 6.61 Å². The van der Waals surface area contributed by atoms with Gasteiger partial charge >= 0.3 is 11.7 Å². The molecule has 0 saturated carbocycles. The zero-order valence-electron chi connectivity index (χ0n) is 8.50. The summed E-state index contributed by atoms with van der Waals surface area (Å²) in [6.45, 7) is -0.0520. The Kier molecular flexibility index (Phi) is 4.65. The summed E-state index contributed by atoms with van der Waals surface area (Å²) in [7, 11) is 0. The highest BCUT2D eigenvalue weighted by Crippen LogP contribution is 2.29. The van der Waals surface area contributed by atoms with Crippen LogP contribution in [0.1, 0.15) is 0 Å². The summed E-state index contributed by atoms with van der Waals surface area (Å²) in [5.41, 5.74) is -0.170. The van der Waals surface area contributed by atoms with Crippen LogP contribution in [0.4, 0.5) is 5.69 Å². The molecule has 0 bridgehead atoms. The van der Waals surface area contributed by atoms with Gasteiger partial charge in [0, 0.05) is 22.7 Å². The van der Waals surface area contributed by atoms with Crippen molar-refractivity contribution in [2.75, 3.05) is 6.61 Å². The molecule has 0 amide bonds. The first-order valence-electron chi connectivity index (χ1n) is 4.47. The van der Waals surface area contributed by atoms with Crippen LogP contribution in [0.15, 0.2) is 34.8 Å². The number of carbonyl (C=O) groups is 1. The van der Waals surface area contributed by atoms with Crippen molar-refractivity contribution in [3.8, 4) is 5.75 Å². The summed E-state index contributed by atoms with van der Waals surface area (Å²) >= 11 is 3.16. The molecule has 0 radical (unpaired) electrons. The molecule has 0 atom stereocenters. The monoisotopic (exact) mass is 301 g/mol. The minimum absolute atomic E-state index is 0.0520. The van der Waals surface area contributed by atoms with Gasteiger partial charge < -0.3 is 9.84 Å². The van der Waals surface area contributed by atoms with Crippen LogP contribution < -0.4 is 4.74 Å². The number of benzene rings is 1. The van der Waals surface area contributed by atoms with Crippen LogP contribution in [0.25, 0.3) is 0 Å². The molecule has 0 aliphatic carbocycles. The van der Waals surface area contributed by atoms with Crippen LogP contribution in [-0.2, 0) is 4.79 Å². The number of nitro groups is 1. The van der Waals surface area contributed by atoms with Crippen LogP contribution >= 0.6 is 15.9 Å². The lowest BCUT2D eigenvalue weighted by atomic mass is 10.3. The topological polar surface area (TPSA) is 89.7 Å². The maximum atomic E-state index is 10.7. The van der Waals surface area contributed by atoms with Gasteiger partial charge in [-0.25, -0.2) is 4.79 Å². The quantitative estimate of drug-likeness (QED) is 0.512. The van der Waals surface area contributed by atoms with Crippen LogP contribution in [0.3, 0.4) is 0 Å². The molecule has 1 N–H and O–H groups in total. The Morgan fingerprint density at radius 3 is 2.88 bits per heavy atom. The minimum Gasteiger partial charge on any atom is -0.483 e. The molecule has 0 unspecified atom stereocenters. The predicted molar refractivity (Wildman–Crippen MR) is 63.1 cm³/mol. The Labute approximate surface area is 105 Å². The predicted octanol–water partition coefficient (Wildman–Crippen LogP) is 2.38. The van der Waals surface area contributed by atoms with Crippen molar-refractivity contribution in [2.24, 2.45) is 0 Å². The number of nitro benzene ring substituents is 1. The fourth-order valence-corrected chi connectivity index (χ4v) is 1.38. The molecule has 0 fully saturated rings. The van der Waals surface area contributed by atoms with Gasteiger partial charge in [0.2, 0.25) is 0 Å². The number of carboxylic acid groups (broad SMARTS) is 1. The van der Waals surface area contributed by atoms with Crippen molar-refractivity contribution in [3.05, 3.63) is 44.9 Å². The van der Waals surface area contributed by atoms with E-state index in [1.807, 2.05) is 0 Å². The Bertz CT molecular complexity index is 472. The normalized spacial score (nSPS) is 10.4. The van der Waals surface area contributed by atoms with E-state index in [0.29, 0.717) is 4.47 Å². The molecule has 0 heterocycles. The number of hydrogen-bond donors (Lipinski definition) is 1. The maximum absolute atomic E-state index is 10.7. The van der Waals surface area contributed by atoms with Crippen molar-refractivity contribution < 1.29 is 19.6 Å². The number of rotatable bonds is 5. The molecule has 17 heavy (non-hydrogen) atoms. The molecule has 0 spiro atoms. The second-order valence-electron chi connectivity index (χ2n) is 2.92. The number of halogens is 1. The van der Waals surface area contributed by atoms with E-state index in [1.165, 1.54) is 24.3 Å². The maximum Gasteiger partial charge on any atom is 0.328 e. The summed E-state index contributed by atoms with van der Waals surface area (Å²) < 4.78 is 5.75. The average Bonchev–Trinajstić information content (AvgIpc) is 2.23. The van der Waals surface area contributed by atoms with E-state index in [-0.39, 0.29) is 18.0 Å². The van der Waals surface area contributed by atoms with Crippen LogP contribution in [0.5, 0.6) is 5.75 Å². The van der Waals surface area contributed by atoms with Crippen molar-refractivity contribution in [2.45, 2.75) is 0 Å². The Morgan fingerprint density at radius 2 is 2.29 bits per heavy atom. The van der Waals surface area contributed by atoms with Crippen molar-refractivity contribution >= 4 is 27.6 Å². The lowest BCUT2D eigenvalue weighted by molar-refractivity contribution is -0.385. The smallest absolute Gasteiger partial charge is 0.328 e. The Balaban J connectivity index is 2.78. The van der Waals surface area contributed by atoms with E-state index < -0.39 is 10.9 Å². The molecule has 0 aliphatic heterocycles. The summed E-state index contributed by atoms with van der Waals surface area (Å²) in [4.78, 5) is 20.3. The fraction of sp³-hybridized carbons (Fsp3) is 0.100. The summed E-state index contributed by atoms with van der Waals surface area (Å²) in [6, 6.07) is 4.28. The van der Waals surface area contributed by atoms with E-state index >= 15 is 0 Å². The fourth-order valence-electron chi connectivity index (χ4n) is 1.04. The summed E-state index contributed by atoms with van der Waals surface area (Å²) in [6.07, 6.45) is 2.16. The molecule has 7 heteroatoms. The average molecular weight is 302 g/mol. The van der Waals surface area contributed by atoms with E-state index in [0.717, 1.165) is 6.08 Å². The molecule has 1 aromatic rings. The Morgan fingerprint density at radius 1 is 1.59 bits per heavy atom. The molecule has 6 nitrogen and oxygen atoms in total. The number of nitrogens with zero attached hydrogens (tertiary/aromatic N) is 1. The van der Waals surface area contributed by atoms with Gasteiger partial charge in [-0.05, 0) is 12.1 Å². The molecule has 0 aliphatic rings. The van der Waals surface area contributed by atoms with Gasteiger partial charge in [-0.1, -0.05) is 15.9 Å². The number of ether oxygens (including phenoxy) is 1. The molecule has 0 saturated heterocycles. The Hall–Kier alpha value is -1.89. The van der Waals surface area contributed by atoms with E-state index in [1.54, 1.807) is 0 Å². The highest BCUT2D eigenvalue weighted by Gasteiger charge is 2.14. The first-order valence-corrected chi connectivity index (χ1v) is 5.26. The first kappa shape index (κ1) is 13.2. The SMILES string of the molecule is O=C(O)C=CCOc1cc(Br)ccc1[N+](=O)[O-]. The van der Waals surface area contributed by atoms with E-state index in [4.69, 9.17) is 9.84 Å². The molecular formula is C10H8BrNO5. The molecule has 1 rings (SSSR count). The van der Waals surface area contributed by atoms with Gasteiger partial charge in [0.05, 0.1) is 4.92 Å². The lowest BCUT2D eigenvalue weighted by Crippen LogP contribution is -1.99. The molecule has 90 valence electrons. The lowest BCUT2D eigenvalue weighted by Gasteiger charge is -2.04. The zero-order valence-corrected chi connectivity index (χ0v) is 10.1. The standard InChI is InChI=1S/C10H8BrNO5/c11-7-3-4-8(12(15)16)9(6-7)17-5-1-2-10(13)14/h1-4,6H,5H2,(H,13,14). The van der Waals surface area contributed by atoms with Gasteiger partial charge in [-0.15, -0.1) is 0 Å². The second-order valence-corrected chi connectivity index (χ2v) is 3.84. The molecule has 1 aromatic carbocycles. The zero-order chi connectivity index (χ0) is 12.8. The van der Waals surface area contributed by atoms with Gasteiger partial charge in [-0.2, -0.15) is 0 Å². The minimum atomic E-state index is -1.10. The summed E-state index contributed by atoms with van der Waals surface area (Å²) in [5.74, 6) is -1.02. The first-order chi connectivity index (χ1) is 8.00. The van der Waals surface area contributed by atoms with Gasteiger partial charge in [-0.3, -0.25) is 10.1 Å². The van der Waals surface area contributed by atoms with Crippen molar-refractivity contribution in [3.63, 3.8) is 0 Å². The third kappa shape index (κ3) is 4.23. The van der Waals surface area contributed by atoms with Crippen LogP contribution in [0, 0.1) is 10.1 Å². The highest BCUT2D eigenvalue weighted by molar-refractivity contribution is 9.10.